The summed E-state index contributed by atoms with van der Waals surface area (Å²) in [5, 5.41) is 0. The van der Waals surface area contributed by atoms with Crippen molar-refractivity contribution in [3.05, 3.63) is 0 Å². The van der Waals surface area contributed by atoms with Gasteiger partial charge in [-0.1, -0.05) is 20.8 Å². The van der Waals surface area contributed by atoms with Gasteiger partial charge in [0.2, 0.25) is 0 Å². The highest BCUT2D eigenvalue weighted by Crippen LogP contribution is 2.35. The molecule has 0 aromatic rings. The summed E-state index contributed by atoms with van der Waals surface area (Å²) in [5.74, 6) is 2.38. The molecular formula is C14H28N2. The van der Waals surface area contributed by atoms with Gasteiger partial charge >= 0.3 is 0 Å². The predicted molar refractivity (Wildman–Crippen MR) is 69.3 cm³/mol. The fourth-order valence-corrected chi connectivity index (χ4v) is 3.53. The van der Waals surface area contributed by atoms with Crippen LogP contribution in [0.4, 0.5) is 0 Å². The van der Waals surface area contributed by atoms with E-state index >= 15 is 0 Å². The summed E-state index contributed by atoms with van der Waals surface area (Å²) < 4.78 is 0. The van der Waals surface area contributed by atoms with Crippen molar-refractivity contribution in [3.63, 3.8) is 0 Å². The Labute approximate surface area is 101 Å². The molecular weight excluding hydrogens is 196 g/mol. The lowest BCUT2D eigenvalue weighted by atomic mass is 9.72. The molecule has 2 N–H and O–H groups in total. The number of nitrogens with zero attached hydrogens (tertiary/aromatic N) is 1. The molecule has 0 bridgehead atoms. The molecule has 0 aromatic carbocycles. The van der Waals surface area contributed by atoms with Crippen LogP contribution in [-0.2, 0) is 0 Å². The van der Waals surface area contributed by atoms with E-state index in [1.165, 1.54) is 38.8 Å². The van der Waals surface area contributed by atoms with Crippen LogP contribution < -0.4 is 5.73 Å². The summed E-state index contributed by atoms with van der Waals surface area (Å²) in [6, 6.07) is 1.33. The summed E-state index contributed by atoms with van der Waals surface area (Å²) in [6.07, 6.45) is 5.44. The lowest BCUT2D eigenvalue weighted by molar-refractivity contribution is 0.116. The molecule has 4 atom stereocenters. The van der Waals surface area contributed by atoms with Gasteiger partial charge < -0.3 is 10.6 Å². The average molecular weight is 224 g/mol. The highest BCUT2D eigenvalue weighted by molar-refractivity contribution is 4.91. The number of hydrogen-bond donors (Lipinski definition) is 1. The van der Waals surface area contributed by atoms with E-state index in [-0.39, 0.29) is 0 Å². The first-order valence-electron chi connectivity index (χ1n) is 7.11. The first kappa shape index (κ1) is 12.4. The van der Waals surface area contributed by atoms with Gasteiger partial charge in [0.05, 0.1) is 0 Å². The van der Waals surface area contributed by atoms with Crippen molar-refractivity contribution in [2.24, 2.45) is 23.5 Å². The van der Waals surface area contributed by atoms with Gasteiger partial charge in [-0.15, -0.1) is 0 Å². The molecule has 2 heteroatoms. The molecule has 4 unspecified atom stereocenters. The zero-order chi connectivity index (χ0) is 11.7. The van der Waals surface area contributed by atoms with Crippen molar-refractivity contribution >= 4 is 0 Å². The molecule has 16 heavy (non-hydrogen) atoms. The van der Waals surface area contributed by atoms with Crippen LogP contribution in [0.2, 0.25) is 0 Å². The summed E-state index contributed by atoms with van der Waals surface area (Å²) in [7, 11) is 0. The van der Waals surface area contributed by atoms with Crippen LogP contribution >= 0.6 is 0 Å². The SMILES string of the molecule is CCN(CC1C(C)CC(C)CC1N)C1CC1. The Morgan fingerprint density at radius 2 is 1.88 bits per heavy atom. The van der Waals surface area contributed by atoms with E-state index in [1.807, 2.05) is 0 Å². The van der Waals surface area contributed by atoms with Gasteiger partial charge in [0.15, 0.2) is 0 Å². The fourth-order valence-electron chi connectivity index (χ4n) is 3.53. The Morgan fingerprint density at radius 3 is 2.38 bits per heavy atom. The third-order valence-corrected chi connectivity index (χ3v) is 4.64. The maximum absolute atomic E-state index is 6.36. The molecule has 2 fully saturated rings. The molecule has 94 valence electrons. The maximum atomic E-state index is 6.36. The van der Waals surface area contributed by atoms with Crippen LogP contribution in [0, 0.1) is 17.8 Å². The molecule has 0 saturated heterocycles. The van der Waals surface area contributed by atoms with Crippen LogP contribution in [0.1, 0.15) is 46.5 Å². The molecule has 2 aliphatic rings. The third-order valence-electron chi connectivity index (χ3n) is 4.64. The Morgan fingerprint density at radius 1 is 1.19 bits per heavy atom. The molecule has 2 nitrogen and oxygen atoms in total. The lowest BCUT2D eigenvalue weighted by Crippen LogP contribution is -2.47. The van der Waals surface area contributed by atoms with Crippen LogP contribution in [-0.4, -0.2) is 30.1 Å². The summed E-state index contributed by atoms with van der Waals surface area (Å²) in [4.78, 5) is 2.66. The van der Waals surface area contributed by atoms with Crippen LogP contribution in [0.15, 0.2) is 0 Å². The van der Waals surface area contributed by atoms with Crippen molar-refractivity contribution in [1.29, 1.82) is 0 Å². The van der Waals surface area contributed by atoms with Gasteiger partial charge in [-0.3, -0.25) is 0 Å². The van der Waals surface area contributed by atoms with Crippen molar-refractivity contribution in [2.75, 3.05) is 13.1 Å². The zero-order valence-electron chi connectivity index (χ0n) is 11.2. The van der Waals surface area contributed by atoms with Gasteiger partial charge in [0.25, 0.3) is 0 Å². The Balaban J connectivity index is 1.91. The Kier molecular flexibility index (Phi) is 3.91. The number of nitrogens with two attached hydrogens (primary N) is 1. The van der Waals surface area contributed by atoms with E-state index in [0.29, 0.717) is 6.04 Å². The predicted octanol–water partition coefficient (Wildman–Crippen LogP) is 2.48. The van der Waals surface area contributed by atoms with Crippen LogP contribution in [0.5, 0.6) is 0 Å². The first-order valence-corrected chi connectivity index (χ1v) is 7.11. The van der Waals surface area contributed by atoms with Gasteiger partial charge in [-0.05, 0) is 50.0 Å². The van der Waals surface area contributed by atoms with E-state index in [0.717, 1.165) is 23.8 Å². The van der Waals surface area contributed by atoms with Crippen LogP contribution in [0.25, 0.3) is 0 Å². The van der Waals surface area contributed by atoms with Crippen molar-refractivity contribution in [1.82, 2.24) is 4.90 Å². The van der Waals surface area contributed by atoms with Gasteiger partial charge in [-0.2, -0.15) is 0 Å². The molecule has 0 aliphatic heterocycles. The fraction of sp³-hybridized carbons (Fsp3) is 1.00. The Hall–Kier alpha value is -0.0800. The standard InChI is InChI=1S/C14H28N2/c1-4-16(12-5-6-12)9-13-11(3)7-10(2)8-14(13)15/h10-14H,4-9,15H2,1-3H3. The minimum atomic E-state index is 0.437. The maximum Gasteiger partial charge on any atom is 0.00964 e. The largest absolute Gasteiger partial charge is 0.327 e. The summed E-state index contributed by atoms with van der Waals surface area (Å²) in [6.45, 7) is 9.50. The second-order valence-corrected chi connectivity index (χ2v) is 6.20. The molecule has 0 spiro atoms. The number of rotatable bonds is 4. The smallest absolute Gasteiger partial charge is 0.00964 e. The topological polar surface area (TPSA) is 29.3 Å². The zero-order valence-corrected chi connectivity index (χ0v) is 11.2. The van der Waals surface area contributed by atoms with E-state index in [2.05, 4.69) is 25.7 Å². The molecule has 2 saturated carbocycles. The molecule has 2 rings (SSSR count). The first-order chi connectivity index (χ1) is 7.61. The third kappa shape index (κ3) is 2.78. The highest BCUT2D eigenvalue weighted by Gasteiger charge is 2.36. The lowest BCUT2D eigenvalue weighted by Gasteiger charge is -2.40. The van der Waals surface area contributed by atoms with E-state index in [9.17, 15) is 0 Å². The second kappa shape index (κ2) is 5.05. The van der Waals surface area contributed by atoms with Crippen LogP contribution in [0.3, 0.4) is 0 Å². The molecule has 0 radical (unpaired) electrons. The minimum absolute atomic E-state index is 0.437. The molecule has 0 heterocycles. The number of hydrogen-bond acceptors (Lipinski definition) is 2. The van der Waals surface area contributed by atoms with E-state index < -0.39 is 0 Å². The Bertz CT molecular complexity index is 213. The van der Waals surface area contributed by atoms with Gasteiger partial charge in [0, 0.05) is 18.6 Å². The van der Waals surface area contributed by atoms with E-state index in [1.54, 1.807) is 0 Å². The average Bonchev–Trinajstić information content (AvgIpc) is 3.00. The summed E-state index contributed by atoms with van der Waals surface area (Å²) in [5.41, 5.74) is 6.36. The minimum Gasteiger partial charge on any atom is -0.327 e. The molecule has 0 aromatic heterocycles. The monoisotopic (exact) mass is 224 g/mol. The summed E-state index contributed by atoms with van der Waals surface area (Å²) >= 11 is 0. The normalized spacial score (nSPS) is 40.3. The second-order valence-electron chi connectivity index (χ2n) is 6.20. The van der Waals surface area contributed by atoms with Crippen molar-refractivity contribution < 1.29 is 0 Å². The molecule has 2 aliphatic carbocycles. The van der Waals surface area contributed by atoms with Crippen molar-refractivity contribution in [3.8, 4) is 0 Å². The van der Waals surface area contributed by atoms with E-state index in [4.69, 9.17) is 5.73 Å². The van der Waals surface area contributed by atoms with Gasteiger partial charge in [0.1, 0.15) is 0 Å². The van der Waals surface area contributed by atoms with Crippen molar-refractivity contribution in [2.45, 2.75) is 58.5 Å². The van der Waals surface area contributed by atoms with Gasteiger partial charge in [-0.25, -0.2) is 0 Å². The highest BCUT2D eigenvalue weighted by atomic mass is 15.2. The quantitative estimate of drug-likeness (QED) is 0.795. The molecule has 0 amide bonds.